The number of ether oxygens (including phenoxy) is 2. The Morgan fingerprint density at radius 2 is 2.24 bits per heavy atom. The zero-order valence-corrected chi connectivity index (χ0v) is 12.0. The highest BCUT2D eigenvalue weighted by Gasteiger charge is 2.28. The van der Waals surface area contributed by atoms with Crippen molar-refractivity contribution < 1.29 is 19.1 Å². The van der Waals surface area contributed by atoms with Crippen LogP contribution in [0.4, 0.5) is 0 Å². The molecular weight excluding hydrogens is 272 g/mol. The van der Waals surface area contributed by atoms with Gasteiger partial charge in [-0.15, -0.1) is 0 Å². The second-order valence-electron chi connectivity index (χ2n) is 4.98. The number of methoxy groups -OCH3 is 1. The lowest BCUT2D eigenvalue weighted by atomic mass is 10.0. The summed E-state index contributed by atoms with van der Waals surface area (Å²) in [5.41, 5.74) is 6.20. The SMILES string of the molecule is COc1ccccc1C[C@H](NC(=O)[C@H]1CCCO1)C(N)=O. The Bertz CT molecular complexity index is 512. The third-order valence-electron chi connectivity index (χ3n) is 3.50. The van der Waals surface area contributed by atoms with Crippen molar-refractivity contribution in [2.75, 3.05) is 13.7 Å². The van der Waals surface area contributed by atoms with Crippen molar-refractivity contribution >= 4 is 11.8 Å². The third kappa shape index (κ3) is 3.95. The van der Waals surface area contributed by atoms with Crippen molar-refractivity contribution in [1.82, 2.24) is 5.32 Å². The van der Waals surface area contributed by atoms with Gasteiger partial charge in [-0.2, -0.15) is 0 Å². The Kier molecular flexibility index (Phi) is 5.16. The molecule has 6 heteroatoms. The summed E-state index contributed by atoms with van der Waals surface area (Å²) in [5.74, 6) is -0.200. The number of primary amides is 1. The topological polar surface area (TPSA) is 90.7 Å². The van der Waals surface area contributed by atoms with E-state index in [0.29, 0.717) is 18.8 Å². The molecule has 114 valence electrons. The molecule has 2 atom stereocenters. The maximum absolute atomic E-state index is 12.0. The summed E-state index contributed by atoms with van der Waals surface area (Å²) >= 11 is 0. The number of rotatable bonds is 6. The van der Waals surface area contributed by atoms with Crippen LogP contribution in [-0.2, 0) is 20.7 Å². The Labute approximate surface area is 123 Å². The minimum Gasteiger partial charge on any atom is -0.496 e. The van der Waals surface area contributed by atoms with Crippen molar-refractivity contribution in [3.63, 3.8) is 0 Å². The summed E-state index contributed by atoms with van der Waals surface area (Å²) in [6.45, 7) is 0.575. The summed E-state index contributed by atoms with van der Waals surface area (Å²) < 4.78 is 10.5. The lowest BCUT2D eigenvalue weighted by molar-refractivity contribution is -0.133. The van der Waals surface area contributed by atoms with E-state index < -0.39 is 18.1 Å². The van der Waals surface area contributed by atoms with Crippen LogP contribution in [-0.4, -0.2) is 37.7 Å². The zero-order valence-electron chi connectivity index (χ0n) is 12.0. The molecule has 1 heterocycles. The smallest absolute Gasteiger partial charge is 0.249 e. The molecule has 0 radical (unpaired) electrons. The molecule has 3 N–H and O–H groups in total. The molecule has 2 rings (SSSR count). The number of benzene rings is 1. The van der Waals surface area contributed by atoms with Crippen LogP contribution in [0.15, 0.2) is 24.3 Å². The van der Waals surface area contributed by atoms with E-state index in [2.05, 4.69) is 5.32 Å². The van der Waals surface area contributed by atoms with Crippen LogP contribution in [0.1, 0.15) is 18.4 Å². The minimum atomic E-state index is -0.780. The fourth-order valence-electron chi connectivity index (χ4n) is 2.36. The predicted octanol–water partition coefficient (Wildman–Crippen LogP) is 0.387. The van der Waals surface area contributed by atoms with Gasteiger partial charge in [0.25, 0.3) is 0 Å². The van der Waals surface area contributed by atoms with Crippen molar-refractivity contribution in [2.24, 2.45) is 5.73 Å². The Morgan fingerprint density at radius 1 is 1.48 bits per heavy atom. The van der Waals surface area contributed by atoms with E-state index in [-0.39, 0.29) is 12.3 Å². The molecular formula is C15H20N2O4. The van der Waals surface area contributed by atoms with E-state index in [0.717, 1.165) is 12.0 Å². The number of para-hydroxylation sites is 1. The summed E-state index contributed by atoms with van der Waals surface area (Å²) in [6, 6.07) is 6.55. The van der Waals surface area contributed by atoms with Crippen molar-refractivity contribution in [3.05, 3.63) is 29.8 Å². The molecule has 1 aromatic rings. The maximum Gasteiger partial charge on any atom is 0.249 e. The van der Waals surface area contributed by atoms with Gasteiger partial charge in [0.05, 0.1) is 7.11 Å². The monoisotopic (exact) mass is 292 g/mol. The predicted molar refractivity (Wildman–Crippen MR) is 76.8 cm³/mol. The van der Waals surface area contributed by atoms with Gasteiger partial charge in [-0.25, -0.2) is 0 Å². The van der Waals surface area contributed by atoms with E-state index in [4.69, 9.17) is 15.2 Å². The van der Waals surface area contributed by atoms with Gasteiger partial charge in [0.1, 0.15) is 17.9 Å². The molecule has 0 saturated carbocycles. The van der Waals surface area contributed by atoms with E-state index in [9.17, 15) is 9.59 Å². The molecule has 0 aromatic heterocycles. The van der Waals surface area contributed by atoms with Crippen LogP contribution in [0, 0.1) is 0 Å². The number of carbonyl (C=O) groups excluding carboxylic acids is 2. The van der Waals surface area contributed by atoms with E-state index in [1.165, 1.54) is 0 Å². The van der Waals surface area contributed by atoms with Crippen LogP contribution in [0.25, 0.3) is 0 Å². The number of amides is 2. The van der Waals surface area contributed by atoms with Gasteiger partial charge >= 0.3 is 0 Å². The second kappa shape index (κ2) is 7.08. The maximum atomic E-state index is 12.0. The van der Waals surface area contributed by atoms with E-state index in [1.807, 2.05) is 18.2 Å². The summed E-state index contributed by atoms with van der Waals surface area (Å²) in [5, 5.41) is 2.66. The highest BCUT2D eigenvalue weighted by atomic mass is 16.5. The molecule has 1 aromatic carbocycles. The number of nitrogens with one attached hydrogen (secondary N) is 1. The molecule has 2 amide bonds. The Balaban J connectivity index is 2.05. The van der Waals surface area contributed by atoms with Crippen molar-refractivity contribution in [3.8, 4) is 5.75 Å². The molecule has 0 bridgehead atoms. The van der Waals surface area contributed by atoms with Crippen LogP contribution in [0.3, 0.4) is 0 Å². The van der Waals surface area contributed by atoms with Crippen LogP contribution < -0.4 is 15.8 Å². The highest BCUT2D eigenvalue weighted by molar-refractivity contribution is 5.88. The normalized spacial score (nSPS) is 19.0. The first-order chi connectivity index (χ1) is 10.1. The Hall–Kier alpha value is -2.08. The second-order valence-corrected chi connectivity index (χ2v) is 4.98. The van der Waals surface area contributed by atoms with Gasteiger partial charge in [-0.05, 0) is 24.5 Å². The fraction of sp³-hybridized carbons (Fsp3) is 0.467. The lowest BCUT2D eigenvalue weighted by Gasteiger charge is -2.19. The van der Waals surface area contributed by atoms with Gasteiger partial charge < -0.3 is 20.5 Å². The van der Waals surface area contributed by atoms with Crippen LogP contribution in [0.2, 0.25) is 0 Å². The van der Waals surface area contributed by atoms with E-state index >= 15 is 0 Å². The van der Waals surface area contributed by atoms with Crippen LogP contribution >= 0.6 is 0 Å². The van der Waals surface area contributed by atoms with Gasteiger partial charge in [-0.3, -0.25) is 9.59 Å². The molecule has 6 nitrogen and oxygen atoms in total. The van der Waals surface area contributed by atoms with Gasteiger partial charge in [-0.1, -0.05) is 18.2 Å². The van der Waals surface area contributed by atoms with Crippen molar-refractivity contribution in [2.45, 2.75) is 31.4 Å². The average Bonchev–Trinajstić information content (AvgIpc) is 3.01. The van der Waals surface area contributed by atoms with E-state index in [1.54, 1.807) is 13.2 Å². The molecule has 1 saturated heterocycles. The van der Waals surface area contributed by atoms with Gasteiger partial charge in [0.2, 0.25) is 11.8 Å². The molecule has 0 spiro atoms. The largest absolute Gasteiger partial charge is 0.496 e. The fourth-order valence-corrected chi connectivity index (χ4v) is 2.36. The summed E-state index contributed by atoms with van der Waals surface area (Å²) in [7, 11) is 1.56. The summed E-state index contributed by atoms with van der Waals surface area (Å²) in [6.07, 6.45) is 1.33. The van der Waals surface area contributed by atoms with Gasteiger partial charge in [0, 0.05) is 13.0 Å². The van der Waals surface area contributed by atoms with Gasteiger partial charge in [0.15, 0.2) is 0 Å². The third-order valence-corrected chi connectivity index (χ3v) is 3.50. The summed E-state index contributed by atoms with van der Waals surface area (Å²) in [4.78, 5) is 23.6. The standard InChI is InChI=1S/C15H20N2O4/c1-20-12-6-3-2-5-10(12)9-11(14(16)18)17-15(19)13-7-4-8-21-13/h2-3,5-6,11,13H,4,7-9H2,1H3,(H2,16,18)(H,17,19)/t11-,13+/m0/s1. The first-order valence-electron chi connectivity index (χ1n) is 6.95. The number of hydrogen-bond donors (Lipinski definition) is 2. The lowest BCUT2D eigenvalue weighted by Crippen LogP contribution is -2.49. The molecule has 1 aliphatic heterocycles. The zero-order chi connectivity index (χ0) is 15.2. The molecule has 1 fully saturated rings. The Morgan fingerprint density at radius 3 is 2.86 bits per heavy atom. The molecule has 0 aliphatic carbocycles. The minimum absolute atomic E-state index is 0.286. The first-order valence-corrected chi connectivity index (χ1v) is 6.95. The molecule has 21 heavy (non-hydrogen) atoms. The number of nitrogens with two attached hydrogens (primary N) is 1. The number of hydrogen-bond acceptors (Lipinski definition) is 4. The average molecular weight is 292 g/mol. The quantitative estimate of drug-likeness (QED) is 0.793. The molecule has 1 aliphatic rings. The number of carbonyl (C=O) groups is 2. The van der Waals surface area contributed by atoms with Crippen molar-refractivity contribution in [1.29, 1.82) is 0 Å². The van der Waals surface area contributed by atoms with Crippen LogP contribution in [0.5, 0.6) is 5.75 Å². The first kappa shape index (κ1) is 15.3. The highest BCUT2D eigenvalue weighted by Crippen LogP contribution is 2.19. The molecule has 0 unspecified atom stereocenters.